The van der Waals surface area contributed by atoms with E-state index in [1.165, 1.54) is 18.2 Å². The molecule has 1 N–H and O–H groups in total. The van der Waals surface area contributed by atoms with E-state index in [2.05, 4.69) is 15.2 Å². The minimum absolute atomic E-state index is 0.233. The molecule has 1 amide bonds. The number of carbonyl (C=O) groups is 2. The second-order valence-corrected chi connectivity index (χ2v) is 9.30. The number of thioether (sulfide) groups is 1. The molecule has 1 fully saturated rings. The molecule has 0 saturated carbocycles. The molecule has 2 aliphatic heterocycles. The third kappa shape index (κ3) is 5.11. The summed E-state index contributed by atoms with van der Waals surface area (Å²) in [5.74, 6) is -0.288. The third-order valence-electron chi connectivity index (χ3n) is 5.37. The predicted molar refractivity (Wildman–Crippen MR) is 129 cm³/mol. The monoisotopic (exact) mass is 467 g/mol. The van der Waals surface area contributed by atoms with Crippen LogP contribution in [0.1, 0.15) is 49.2 Å². The predicted octanol–water partition coefficient (Wildman–Crippen LogP) is 5.15. The molecule has 0 unspecified atom stereocenters. The van der Waals surface area contributed by atoms with Gasteiger partial charge in [-0.15, -0.1) is 0 Å². The summed E-state index contributed by atoms with van der Waals surface area (Å²) in [6.07, 6.45) is 0.721. The zero-order valence-corrected chi connectivity index (χ0v) is 19.6. The number of benzene rings is 2. The van der Waals surface area contributed by atoms with Gasteiger partial charge >= 0.3 is 5.97 Å². The molecule has 0 radical (unpaired) electrons. The van der Waals surface area contributed by atoms with Crippen molar-refractivity contribution >= 4 is 34.5 Å². The highest BCUT2D eigenvalue weighted by molar-refractivity contribution is 8.13. The van der Waals surface area contributed by atoms with Crippen molar-refractivity contribution in [2.24, 2.45) is 4.99 Å². The fourth-order valence-corrected chi connectivity index (χ4v) is 4.99. The van der Waals surface area contributed by atoms with Crippen LogP contribution in [-0.4, -0.2) is 40.3 Å². The number of fused-ring (bicyclic) bond motifs is 1. The Balaban J connectivity index is 1.68. The first-order chi connectivity index (χ1) is 15.8. The minimum atomic E-state index is -0.470. The molecule has 2 aromatic rings. The second-order valence-electron chi connectivity index (χ2n) is 8.24. The fraction of sp³-hybridized carbons (Fsp3) is 0.320. The van der Waals surface area contributed by atoms with Gasteiger partial charge in [0.15, 0.2) is 5.17 Å². The third-order valence-corrected chi connectivity index (χ3v) is 6.44. The lowest BCUT2D eigenvalue weighted by molar-refractivity contribution is -0.143. The molecule has 2 heterocycles. The largest absolute Gasteiger partial charge is 0.459 e. The SMILES string of the molecule is CC1=C(C(=O)OC(C)C)[C@H](c2cccc(NC(=O)c3cccc(F)c3)c2)N2CCCSC2=N1. The summed E-state index contributed by atoms with van der Waals surface area (Å²) in [5, 5.41) is 3.72. The molecule has 0 aliphatic carbocycles. The van der Waals surface area contributed by atoms with Gasteiger partial charge in [0, 0.05) is 23.5 Å². The van der Waals surface area contributed by atoms with Gasteiger partial charge in [-0.1, -0.05) is 30.0 Å². The van der Waals surface area contributed by atoms with Gasteiger partial charge < -0.3 is 15.0 Å². The molecule has 2 aromatic carbocycles. The molecule has 8 heteroatoms. The van der Waals surface area contributed by atoms with Crippen molar-refractivity contribution in [3.05, 3.63) is 76.7 Å². The molecule has 4 rings (SSSR count). The van der Waals surface area contributed by atoms with Crippen molar-refractivity contribution in [3.63, 3.8) is 0 Å². The van der Waals surface area contributed by atoms with Gasteiger partial charge in [0.25, 0.3) is 5.91 Å². The summed E-state index contributed by atoms with van der Waals surface area (Å²) in [7, 11) is 0. The van der Waals surface area contributed by atoms with Crippen molar-refractivity contribution in [1.29, 1.82) is 0 Å². The van der Waals surface area contributed by atoms with Crippen molar-refractivity contribution in [1.82, 2.24) is 4.90 Å². The van der Waals surface area contributed by atoms with Crippen molar-refractivity contribution in [2.75, 3.05) is 17.6 Å². The first-order valence-electron chi connectivity index (χ1n) is 10.9. The van der Waals surface area contributed by atoms with Crippen LogP contribution in [0.25, 0.3) is 0 Å². The Morgan fingerprint density at radius 2 is 2.00 bits per heavy atom. The number of amidine groups is 1. The van der Waals surface area contributed by atoms with E-state index in [4.69, 9.17) is 4.74 Å². The van der Waals surface area contributed by atoms with Crippen LogP contribution in [0, 0.1) is 5.82 Å². The maximum atomic E-state index is 13.5. The summed E-state index contributed by atoms with van der Waals surface area (Å²) < 4.78 is 19.1. The summed E-state index contributed by atoms with van der Waals surface area (Å²) >= 11 is 1.67. The van der Waals surface area contributed by atoms with Gasteiger partial charge in [-0.2, -0.15) is 0 Å². The van der Waals surface area contributed by atoms with E-state index in [0.29, 0.717) is 17.0 Å². The summed E-state index contributed by atoms with van der Waals surface area (Å²) in [5.41, 5.74) is 2.78. The average molecular weight is 468 g/mol. The molecule has 0 aromatic heterocycles. The van der Waals surface area contributed by atoms with E-state index in [-0.39, 0.29) is 23.7 Å². The van der Waals surface area contributed by atoms with E-state index in [1.54, 1.807) is 23.9 Å². The number of amides is 1. The molecular formula is C25H26FN3O3S. The van der Waals surface area contributed by atoms with Crippen LogP contribution in [0.4, 0.5) is 10.1 Å². The van der Waals surface area contributed by atoms with Crippen LogP contribution in [-0.2, 0) is 9.53 Å². The molecule has 2 aliphatic rings. The number of nitrogens with zero attached hydrogens (tertiary/aromatic N) is 2. The molecule has 0 spiro atoms. The van der Waals surface area contributed by atoms with Crippen molar-refractivity contribution in [3.8, 4) is 0 Å². The zero-order valence-electron chi connectivity index (χ0n) is 18.8. The number of hydrogen-bond acceptors (Lipinski definition) is 6. The first-order valence-corrected chi connectivity index (χ1v) is 11.9. The lowest BCUT2D eigenvalue weighted by Gasteiger charge is -2.40. The lowest BCUT2D eigenvalue weighted by atomic mass is 9.94. The zero-order chi connectivity index (χ0) is 23.5. The van der Waals surface area contributed by atoms with Crippen LogP contribution in [0.2, 0.25) is 0 Å². The normalized spacial score (nSPS) is 18.0. The Bertz CT molecular complexity index is 1150. The Morgan fingerprint density at radius 3 is 2.76 bits per heavy atom. The molecule has 1 saturated heterocycles. The second kappa shape index (κ2) is 9.79. The number of hydrogen-bond donors (Lipinski definition) is 1. The quantitative estimate of drug-likeness (QED) is 0.616. The van der Waals surface area contributed by atoms with E-state index in [9.17, 15) is 14.0 Å². The topological polar surface area (TPSA) is 71.0 Å². The maximum Gasteiger partial charge on any atom is 0.338 e. The van der Waals surface area contributed by atoms with Crippen LogP contribution in [0.15, 0.2) is 64.8 Å². The minimum Gasteiger partial charge on any atom is -0.459 e. The highest BCUT2D eigenvalue weighted by Gasteiger charge is 2.38. The number of allylic oxidation sites excluding steroid dienone is 1. The number of ether oxygens (including phenoxy) is 1. The maximum absolute atomic E-state index is 13.5. The lowest BCUT2D eigenvalue weighted by Crippen LogP contribution is -2.42. The van der Waals surface area contributed by atoms with Gasteiger partial charge in [-0.3, -0.25) is 4.79 Å². The Kier molecular flexibility index (Phi) is 6.83. The average Bonchev–Trinajstić information content (AvgIpc) is 2.77. The number of halogens is 1. The number of nitrogens with one attached hydrogen (secondary N) is 1. The van der Waals surface area contributed by atoms with E-state index >= 15 is 0 Å². The highest BCUT2D eigenvalue weighted by atomic mass is 32.2. The van der Waals surface area contributed by atoms with E-state index < -0.39 is 11.7 Å². The Morgan fingerprint density at radius 1 is 1.21 bits per heavy atom. The summed E-state index contributed by atoms with van der Waals surface area (Å²) in [4.78, 5) is 32.5. The van der Waals surface area contributed by atoms with Crippen LogP contribution >= 0.6 is 11.8 Å². The van der Waals surface area contributed by atoms with Gasteiger partial charge in [-0.25, -0.2) is 14.2 Å². The number of rotatable bonds is 5. The molecule has 6 nitrogen and oxygen atoms in total. The first kappa shape index (κ1) is 23.0. The number of esters is 1. The van der Waals surface area contributed by atoms with Gasteiger partial charge in [0.05, 0.1) is 23.4 Å². The number of aliphatic imine (C=N–C) groups is 1. The van der Waals surface area contributed by atoms with Gasteiger partial charge in [-0.05, 0) is 63.1 Å². The molecule has 0 bridgehead atoms. The van der Waals surface area contributed by atoms with E-state index in [1.807, 2.05) is 39.0 Å². The fourth-order valence-electron chi connectivity index (χ4n) is 3.97. The molecule has 172 valence electrons. The van der Waals surface area contributed by atoms with Crippen molar-refractivity contribution in [2.45, 2.75) is 39.3 Å². The van der Waals surface area contributed by atoms with Gasteiger partial charge in [0.1, 0.15) is 5.82 Å². The van der Waals surface area contributed by atoms with Crippen LogP contribution < -0.4 is 5.32 Å². The standard InChI is InChI=1S/C25H26FN3O3S/c1-15(2)32-24(31)21-16(3)27-25-29(11-6-12-33-25)22(21)17-7-5-10-20(14-17)28-23(30)18-8-4-9-19(26)13-18/h4-5,7-10,13-15,22H,6,11-12H2,1-3H3,(H,28,30)/t22-/m0/s1. The van der Waals surface area contributed by atoms with Crippen LogP contribution in [0.3, 0.4) is 0 Å². The molecule has 1 atom stereocenters. The number of carbonyl (C=O) groups excluding carboxylic acids is 2. The van der Waals surface area contributed by atoms with Crippen LogP contribution in [0.5, 0.6) is 0 Å². The summed E-state index contributed by atoms with van der Waals surface area (Å²) in [6.45, 7) is 6.24. The molecule has 33 heavy (non-hydrogen) atoms. The van der Waals surface area contributed by atoms with Gasteiger partial charge in [0.2, 0.25) is 0 Å². The van der Waals surface area contributed by atoms with E-state index in [0.717, 1.165) is 29.4 Å². The smallest absolute Gasteiger partial charge is 0.338 e. The number of anilines is 1. The van der Waals surface area contributed by atoms with Crippen molar-refractivity contribution < 1.29 is 18.7 Å². The Labute approximate surface area is 196 Å². The summed E-state index contributed by atoms with van der Waals surface area (Å²) in [6, 6.07) is 12.6. The molecular weight excluding hydrogens is 441 g/mol. The Hall–Kier alpha value is -3.13. The highest BCUT2D eigenvalue weighted by Crippen LogP contribution is 2.40.